The largest absolute Gasteiger partial charge is 0.493 e. The van der Waals surface area contributed by atoms with Gasteiger partial charge in [-0.25, -0.2) is 15.0 Å². The van der Waals surface area contributed by atoms with Crippen molar-refractivity contribution in [1.82, 2.24) is 24.4 Å². The average Bonchev–Trinajstić information content (AvgIpc) is 3.68. The molecule has 0 radical (unpaired) electrons. The SMILES string of the molecule is NC(=O)C1CCN(CCCOc2cc(CNc3nc4c(N)ncnc4n3[C@H]3CC[C@@H](CO)O3)ccc2-c2ccccc2)CC1. The maximum atomic E-state index is 11.5. The molecule has 0 saturated carbocycles. The molecule has 2 aromatic heterocycles. The number of imidazole rings is 1. The first-order valence-corrected chi connectivity index (χ1v) is 15.3. The minimum absolute atomic E-state index is 0.00263. The van der Waals surface area contributed by atoms with E-state index in [1.807, 2.05) is 22.8 Å². The van der Waals surface area contributed by atoms with Crippen LogP contribution in [0.2, 0.25) is 0 Å². The van der Waals surface area contributed by atoms with Crippen molar-refractivity contribution in [1.29, 1.82) is 0 Å². The fourth-order valence-electron chi connectivity index (χ4n) is 6.08. The van der Waals surface area contributed by atoms with Crippen molar-refractivity contribution in [2.24, 2.45) is 11.7 Å². The van der Waals surface area contributed by atoms with Crippen LogP contribution >= 0.6 is 0 Å². The highest BCUT2D eigenvalue weighted by molar-refractivity contribution is 5.84. The number of fused-ring (bicyclic) bond motifs is 1. The summed E-state index contributed by atoms with van der Waals surface area (Å²) in [5.74, 6) is 1.50. The summed E-state index contributed by atoms with van der Waals surface area (Å²) in [5, 5.41) is 13.1. The van der Waals surface area contributed by atoms with Crippen molar-refractivity contribution in [2.45, 2.75) is 51.0 Å². The first kappa shape index (κ1) is 29.8. The van der Waals surface area contributed by atoms with Gasteiger partial charge in [-0.15, -0.1) is 0 Å². The molecule has 4 heterocycles. The number of nitrogens with two attached hydrogens (primary N) is 2. The fourth-order valence-corrected chi connectivity index (χ4v) is 6.08. The normalized spacial score (nSPS) is 19.4. The number of carbonyl (C=O) groups excluding carboxylic acids is 1. The summed E-state index contributed by atoms with van der Waals surface area (Å²) in [5.41, 5.74) is 15.9. The smallest absolute Gasteiger partial charge is 0.220 e. The van der Waals surface area contributed by atoms with E-state index in [0.29, 0.717) is 36.1 Å². The molecule has 12 heteroatoms. The highest BCUT2D eigenvalue weighted by Gasteiger charge is 2.30. The minimum Gasteiger partial charge on any atom is -0.493 e. The Morgan fingerprint density at radius 1 is 1.09 bits per heavy atom. The number of aliphatic hydroxyl groups excluding tert-OH is 1. The van der Waals surface area contributed by atoms with E-state index in [1.165, 1.54) is 6.33 Å². The number of amides is 1. The number of benzene rings is 2. The van der Waals surface area contributed by atoms with Gasteiger partial charge in [-0.1, -0.05) is 42.5 Å². The van der Waals surface area contributed by atoms with Crippen molar-refractivity contribution < 1.29 is 19.4 Å². The molecular weight excluding hydrogens is 560 g/mol. The first-order valence-electron chi connectivity index (χ1n) is 15.3. The second-order valence-corrected chi connectivity index (χ2v) is 11.5. The van der Waals surface area contributed by atoms with E-state index in [-0.39, 0.29) is 30.8 Å². The number of nitrogens with zero attached hydrogens (tertiary/aromatic N) is 5. The Morgan fingerprint density at radius 2 is 1.91 bits per heavy atom. The van der Waals surface area contributed by atoms with Crippen molar-refractivity contribution >= 4 is 28.8 Å². The lowest BCUT2D eigenvalue weighted by Crippen LogP contribution is -2.39. The summed E-state index contributed by atoms with van der Waals surface area (Å²) in [6.07, 6.45) is 4.87. The molecule has 2 aliphatic heterocycles. The molecule has 232 valence electrons. The lowest BCUT2D eigenvalue weighted by atomic mass is 9.96. The lowest BCUT2D eigenvalue weighted by molar-refractivity contribution is -0.123. The summed E-state index contributed by atoms with van der Waals surface area (Å²) in [4.78, 5) is 27.1. The molecule has 0 aliphatic carbocycles. The van der Waals surface area contributed by atoms with E-state index in [1.54, 1.807) is 0 Å². The number of primary amides is 1. The summed E-state index contributed by atoms with van der Waals surface area (Å²) >= 11 is 0. The van der Waals surface area contributed by atoms with Crippen LogP contribution in [0, 0.1) is 5.92 Å². The van der Waals surface area contributed by atoms with Crippen LogP contribution in [0.15, 0.2) is 54.9 Å². The third-order valence-electron chi connectivity index (χ3n) is 8.53. The number of aromatic nitrogens is 4. The number of likely N-dealkylation sites (tertiary alicyclic amines) is 1. The zero-order valence-corrected chi connectivity index (χ0v) is 24.8. The fraction of sp³-hybridized carbons (Fsp3) is 0.438. The Bertz CT molecular complexity index is 1570. The van der Waals surface area contributed by atoms with Gasteiger partial charge in [0.05, 0.1) is 19.3 Å². The molecule has 0 spiro atoms. The third kappa shape index (κ3) is 6.62. The molecule has 44 heavy (non-hydrogen) atoms. The van der Waals surface area contributed by atoms with E-state index in [0.717, 1.165) is 74.2 Å². The Labute approximate surface area is 256 Å². The maximum absolute atomic E-state index is 11.5. The van der Waals surface area contributed by atoms with Crippen LogP contribution in [0.25, 0.3) is 22.3 Å². The van der Waals surface area contributed by atoms with Crippen LogP contribution < -0.4 is 21.5 Å². The number of hydrogen-bond donors (Lipinski definition) is 4. The summed E-state index contributed by atoms with van der Waals surface area (Å²) < 4.78 is 14.4. The summed E-state index contributed by atoms with van der Waals surface area (Å²) in [6, 6.07) is 16.5. The average molecular weight is 601 g/mol. The highest BCUT2D eigenvalue weighted by Crippen LogP contribution is 2.35. The lowest BCUT2D eigenvalue weighted by Gasteiger charge is -2.30. The Balaban J connectivity index is 1.17. The van der Waals surface area contributed by atoms with Crippen LogP contribution in [-0.4, -0.2) is 74.4 Å². The van der Waals surface area contributed by atoms with Crippen molar-refractivity contribution in [2.75, 3.05) is 43.9 Å². The van der Waals surface area contributed by atoms with E-state index >= 15 is 0 Å². The Morgan fingerprint density at radius 3 is 2.66 bits per heavy atom. The third-order valence-corrected chi connectivity index (χ3v) is 8.53. The number of piperidine rings is 1. The summed E-state index contributed by atoms with van der Waals surface area (Å²) in [7, 11) is 0. The van der Waals surface area contributed by atoms with Gasteiger partial charge in [0.25, 0.3) is 0 Å². The highest BCUT2D eigenvalue weighted by atomic mass is 16.5. The number of carbonyl (C=O) groups is 1. The van der Waals surface area contributed by atoms with E-state index in [9.17, 15) is 9.90 Å². The van der Waals surface area contributed by atoms with Gasteiger partial charge in [0.15, 0.2) is 17.0 Å². The number of hydrogen-bond acceptors (Lipinski definition) is 10. The van der Waals surface area contributed by atoms with Gasteiger partial charge in [-0.3, -0.25) is 9.36 Å². The second-order valence-electron chi connectivity index (χ2n) is 11.5. The van der Waals surface area contributed by atoms with Crippen molar-refractivity contribution in [3.8, 4) is 16.9 Å². The molecule has 4 aromatic rings. The van der Waals surface area contributed by atoms with Crippen LogP contribution in [0.1, 0.15) is 43.9 Å². The number of ether oxygens (including phenoxy) is 2. The number of nitrogens with one attached hydrogen (secondary N) is 1. The predicted octanol–water partition coefficient (Wildman–Crippen LogP) is 3.32. The number of nitrogen functional groups attached to an aromatic ring is 1. The molecule has 2 aliphatic rings. The Kier molecular flexibility index (Phi) is 9.20. The van der Waals surface area contributed by atoms with Crippen LogP contribution in [0.3, 0.4) is 0 Å². The van der Waals surface area contributed by atoms with E-state index < -0.39 is 0 Å². The standard InChI is InChI=1S/C32H40N8O4/c33-29-28-31(37-20-36-29)40(27-10-8-24(19-41)44-27)32(38-28)35-18-21-7-9-25(22-5-2-1-3-6-22)26(17-21)43-16-4-13-39-14-11-23(12-15-39)30(34)42/h1-3,5-7,9,17,20,23-24,27,41H,4,8,10-16,18-19H2,(H2,34,42)(H,35,38)(H2,33,36,37)/t24-,27+/m0/s1. The van der Waals surface area contributed by atoms with Crippen LogP contribution in [-0.2, 0) is 16.1 Å². The maximum Gasteiger partial charge on any atom is 0.220 e. The van der Waals surface area contributed by atoms with Gasteiger partial charge < -0.3 is 36.3 Å². The zero-order chi connectivity index (χ0) is 30.5. The monoisotopic (exact) mass is 600 g/mol. The molecule has 6 N–H and O–H groups in total. The minimum atomic E-state index is -0.324. The molecule has 12 nitrogen and oxygen atoms in total. The predicted molar refractivity (Wildman–Crippen MR) is 168 cm³/mol. The van der Waals surface area contributed by atoms with Gasteiger partial charge in [0.1, 0.15) is 18.3 Å². The van der Waals surface area contributed by atoms with Crippen LogP contribution in [0.4, 0.5) is 11.8 Å². The molecule has 2 aromatic carbocycles. The molecule has 6 rings (SSSR count). The molecule has 0 bridgehead atoms. The van der Waals surface area contributed by atoms with Gasteiger partial charge in [0, 0.05) is 24.6 Å². The number of aliphatic hydroxyl groups is 1. The second kappa shape index (κ2) is 13.6. The number of rotatable bonds is 12. The zero-order valence-electron chi connectivity index (χ0n) is 24.8. The molecule has 2 saturated heterocycles. The van der Waals surface area contributed by atoms with Gasteiger partial charge in [0.2, 0.25) is 11.9 Å². The van der Waals surface area contributed by atoms with Crippen molar-refractivity contribution in [3.63, 3.8) is 0 Å². The number of anilines is 2. The quantitative estimate of drug-likeness (QED) is 0.177. The summed E-state index contributed by atoms with van der Waals surface area (Å²) in [6.45, 7) is 3.71. The van der Waals surface area contributed by atoms with Crippen molar-refractivity contribution in [3.05, 3.63) is 60.4 Å². The van der Waals surface area contributed by atoms with E-state index in [4.69, 9.17) is 25.9 Å². The van der Waals surface area contributed by atoms with Crippen LogP contribution in [0.5, 0.6) is 5.75 Å². The molecule has 1 amide bonds. The first-order chi connectivity index (χ1) is 21.5. The van der Waals surface area contributed by atoms with Gasteiger partial charge >= 0.3 is 0 Å². The van der Waals surface area contributed by atoms with Gasteiger partial charge in [-0.05, 0) is 62.4 Å². The molecule has 2 fully saturated rings. The molecule has 2 atom stereocenters. The topological polar surface area (TPSA) is 167 Å². The molecule has 0 unspecified atom stereocenters. The van der Waals surface area contributed by atoms with E-state index in [2.05, 4.69) is 50.5 Å². The molecular formula is C32H40N8O4. The van der Waals surface area contributed by atoms with Gasteiger partial charge in [-0.2, -0.15) is 0 Å². The Hall–Kier alpha value is -4.26.